The number of thiophene rings is 1. The molecule has 0 saturated carbocycles. The fourth-order valence-electron chi connectivity index (χ4n) is 2.21. The van der Waals surface area contributed by atoms with E-state index in [0.717, 1.165) is 6.42 Å². The number of rotatable bonds is 6. The molecule has 0 aliphatic carbocycles. The van der Waals surface area contributed by atoms with E-state index in [1.165, 1.54) is 10.9 Å². The normalized spacial score (nSPS) is 12.6. The summed E-state index contributed by atoms with van der Waals surface area (Å²) in [7, 11) is 1.98. The lowest BCUT2D eigenvalue weighted by Crippen LogP contribution is -2.30. The van der Waals surface area contributed by atoms with Gasteiger partial charge in [0.2, 0.25) is 0 Å². The molecule has 1 atom stereocenters. The third-order valence-electron chi connectivity index (χ3n) is 3.62. The van der Waals surface area contributed by atoms with Crippen LogP contribution in [0, 0.1) is 11.2 Å². The first kappa shape index (κ1) is 15.7. The van der Waals surface area contributed by atoms with E-state index in [2.05, 4.69) is 23.3 Å². The molecule has 0 saturated heterocycles. The van der Waals surface area contributed by atoms with Gasteiger partial charge in [-0.1, -0.05) is 18.2 Å². The number of amidine groups is 1. The molecule has 1 heterocycles. The number of nitrogen functional groups attached to an aromatic ring is 1. The zero-order chi connectivity index (χ0) is 15.4. The Morgan fingerprint density at radius 1 is 1.38 bits per heavy atom. The molecule has 0 amide bonds. The Labute approximate surface area is 128 Å². The van der Waals surface area contributed by atoms with Crippen molar-refractivity contribution in [1.29, 1.82) is 5.41 Å². The van der Waals surface area contributed by atoms with Crippen molar-refractivity contribution in [2.45, 2.75) is 25.9 Å². The fraction of sp³-hybridized carbons (Fsp3) is 0.312. The highest BCUT2D eigenvalue weighted by atomic mass is 32.1. The third-order valence-corrected chi connectivity index (χ3v) is 4.52. The number of nitrogens with one attached hydrogen (secondary N) is 1. The monoisotopic (exact) mass is 305 g/mol. The van der Waals surface area contributed by atoms with Gasteiger partial charge in [-0.2, -0.15) is 0 Å². The molecule has 0 spiro atoms. The van der Waals surface area contributed by atoms with Crippen molar-refractivity contribution in [3.05, 3.63) is 57.5 Å². The number of halogens is 1. The van der Waals surface area contributed by atoms with Gasteiger partial charge in [0.05, 0.1) is 5.56 Å². The maximum absolute atomic E-state index is 14.3. The lowest BCUT2D eigenvalue weighted by atomic mass is 10.1. The summed E-state index contributed by atoms with van der Waals surface area (Å²) >= 11 is 1.74. The molecule has 112 valence electrons. The van der Waals surface area contributed by atoms with Gasteiger partial charge in [-0.25, -0.2) is 4.39 Å². The van der Waals surface area contributed by atoms with Crippen molar-refractivity contribution >= 4 is 17.2 Å². The Kier molecular flexibility index (Phi) is 5.09. The molecular weight excluding hydrogens is 285 g/mol. The maximum atomic E-state index is 14.3. The minimum Gasteiger partial charge on any atom is -0.384 e. The van der Waals surface area contributed by atoms with Crippen molar-refractivity contribution < 1.29 is 4.39 Å². The van der Waals surface area contributed by atoms with Crippen LogP contribution < -0.4 is 5.73 Å². The number of nitrogens with two attached hydrogens (primary N) is 1. The summed E-state index contributed by atoms with van der Waals surface area (Å²) in [6, 6.07) is 9.50. The summed E-state index contributed by atoms with van der Waals surface area (Å²) in [5, 5.41) is 9.46. The summed E-state index contributed by atoms with van der Waals surface area (Å²) in [5.41, 5.74) is 6.14. The minimum absolute atomic E-state index is 0.173. The Balaban J connectivity index is 2.07. The smallest absolute Gasteiger partial charge is 0.138 e. The predicted octanol–water partition coefficient (Wildman–Crippen LogP) is 3.23. The highest BCUT2D eigenvalue weighted by molar-refractivity contribution is 7.09. The molecule has 2 rings (SSSR count). The van der Waals surface area contributed by atoms with Crippen LogP contribution in [0.3, 0.4) is 0 Å². The number of hydrogen-bond acceptors (Lipinski definition) is 3. The molecule has 3 nitrogen and oxygen atoms in total. The van der Waals surface area contributed by atoms with Crippen LogP contribution in [0.2, 0.25) is 0 Å². The SMILES string of the molecule is CC(Cc1cccs1)N(C)Cc1cccc(C(=N)N)c1F. The van der Waals surface area contributed by atoms with E-state index in [-0.39, 0.29) is 17.2 Å². The summed E-state index contributed by atoms with van der Waals surface area (Å²) in [5.74, 6) is -0.621. The molecule has 0 aliphatic rings. The third kappa shape index (κ3) is 3.89. The lowest BCUT2D eigenvalue weighted by Gasteiger charge is -2.25. The Bertz CT molecular complexity index is 610. The van der Waals surface area contributed by atoms with Gasteiger partial charge in [-0.05, 0) is 37.9 Å². The topological polar surface area (TPSA) is 53.1 Å². The van der Waals surface area contributed by atoms with E-state index in [9.17, 15) is 4.39 Å². The average molecular weight is 305 g/mol. The van der Waals surface area contributed by atoms with Crippen LogP contribution in [0.25, 0.3) is 0 Å². The number of hydrogen-bond donors (Lipinski definition) is 2. The zero-order valence-electron chi connectivity index (χ0n) is 12.3. The maximum Gasteiger partial charge on any atom is 0.138 e. The quantitative estimate of drug-likeness (QED) is 0.636. The van der Waals surface area contributed by atoms with Crippen molar-refractivity contribution in [3.63, 3.8) is 0 Å². The van der Waals surface area contributed by atoms with Crippen molar-refractivity contribution in [3.8, 4) is 0 Å². The van der Waals surface area contributed by atoms with Gasteiger partial charge >= 0.3 is 0 Å². The first-order valence-electron chi connectivity index (χ1n) is 6.83. The molecule has 1 aromatic carbocycles. The van der Waals surface area contributed by atoms with E-state index in [1.807, 2.05) is 13.1 Å². The summed E-state index contributed by atoms with van der Waals surface area (Å²) in [6.07, 6.45) is 0.947. The molecule has 1 aromatic heterocycles. The van der Waals surface area contributed by atoms with Crippen molar-refractivity contribution in [2.24, 2.45) is 5.73 Å². The van der Waals surface area contributed by atoms with Crippen LogP contribution in [0.15, 0.2) is 35.7 Å². The number of benzene rings is 1. The van der Waals surface area contributed by atoms with Crippen LogP contribution >= 0.6 is 11.3 Å². The van der Waals surface area contributed by atoms with Gasteiger partial charge in [-0.3, -0.25) is 10.3 Å². The molecule has 21 heavy (non-hydrogen) atoms. The fourth-order valence-corrected chi connectivity index (χ4v) is 3.04. The van der Waals surface area contributed by atoms with Crippen molar-refractivity contribution in [2.75, 3.05) is 7.05 Å². The first-order chi connectivity index (χ1) is 9.99. The Morgan fingerprint density at radius 2 is 2.14 bits per heavy atom. The molecule has 2 aromatic rings. The van der Waals surface area contributed by atoms with E-state index >= 15 is 0 Å². The van der Waals surface area contributed by atoms with Gasteiger partial charge in [0, 0.05) is 23.0 Å². The van der Waals surface area contributed by atoms with E-state index in [1.54, 1.807) is 23.5 Å². The molecule has 3 N–H and O–H groups in total. The van der Waals surface area contributed by atoms with E-state index in [4.69, 9.17) is 11.1 Å². The molecular formula is C16H20FN3S. The summed E-state index contributed by atoms with van der Waals surface area (Å²) in [6.45, 7) is 2.63. The standard InChI is InChI=1S/C16H20FN3S/c1-11(9-13-6-4-8-21-13)20(2)10-12-5-3-7-14(15(12)17)16(18)19/h3-8,11H,9-10H2,1-2H3,(H3,18,19). The van der Waals surface area contributed by atoms with Gasteiger partial charge in [0.15, 0.2) is 0 Å². The van der Waals surface area contributed by atoms with Crippen LogP contribution in [0.1, 0.15) is 22.9 Å². The average Bonchev–Trinajstić information content (AvgIpc) is 2.93. The second-order valence-corrected chi connectivity index (χ2v) is 6.27. The van der Waals surface area contributed by atoms with Gasteiger partial charge in [0.25, 0.3) is 0 Å². The highest BCUT2D eigenvalue weighted by Crippen LogP contribution is 2.18. The summed E-state index contributed by atoms with van der Waals surface area (Å²) < 4.78 is 14.3. The molecule has 0 fully saturated rings. The van der Waals surface area contributed by atoms with E-state index < -0.39 is 0 Å². The van der Waals surface area contributed by atoms with Crippen LogP contribution in [0.4, 0.5) is 4.39 Å². The van der Waals surface area contributed by atoms with Crippen molar-refractivity contribution in [1.82, 2.24) is 4.90 Å². The minimum atomic E-state index is -0.389. The zero-order valence-corrected chi connectivity index (χ0v) is 13.1. The molecule has 5 heteroatoms. The predicted molar refractivity (Wildman–Crippen MR) is 86.4 cm³/mol. The molecule has 1 unspecified atom stereocenters. The summed E-state index contributed by atoms with van der Waals surface area (Å²) in [4.78, 5) is 3.44. The lowest BCUT2D eigenvalue weighted by molar-refractivity contribution is 0.245. The van der Waals surface area contributed by atoms with E-state index in [0.29, 0.717) is 18.2 Å². The Hall–Kier alpha value is -1.72. The van der Waals surface area contributed by atoms with Gasteiger partial charge in [-0.15, -0.1) is 11.3 Å². The second kappa shape index (κ2) is 6.83. The highest BCUT2D eigenvalue weighted by Gasteiger charge is 2.15. The molecule has 0 radical (unpaired) electrons. The second-order valence-electron chi connectivity index (χ2n) is 5.24. The number of nitrogens with zero attached hydrogens (tertiary/aromatic N) is 1. The van der Waals surface area contributed by atoms with Crippen LogP contribution in [0.5, 0.6) is 0 Å². The molecule has 0 aliphatic heterocycles. The van der Waals surface area contributed by atoms with Crippen LogP contribution in [-0.2, 0) is 13.0 Å². The Morgan fingerprint density at radius 3 is 2.76 bits per heavy atom. The molecule has 0 bridgehead atoms. The van der Waals surface area contributed by atoms with Gasteiger partial charge in [0.1, 0.15) is 11.7 Å². The van der Waals surface area contributed by atoms with Crippen LogP contribution in [-0.4, -0.2) is 23.8 Å². The largest absolute Gasteiger partial charge is 0.384 e. The first-order valence-corrected chi connectivity index (χ1v) is 7.71. The number of likely N-dealkylation sites (N-methyl/N-ethyl adjacent to an activating group) is 1. The van der Waals surface area contributed by atoms with Gasteiger partial charge < -0.3 is 5.73 Å².